The number of carbonyl (C=O) groups is 4. The minimum absolute atomic E-state index is 0.00318. The van der Waals surface area contributed by atoms with Crippen molar-refractivity contribution < 1.29 is 36.7 Å². The van der Waals surface area contributed by atoms with Crippen LogP contribution >= 0.6 is 11.3 Å². The van der Waals surface area contributed by atoms with Gasteiger partial charge in [-0.05, 0) is 64.0 Å². The summed E-state index contributed by atoms with van der Waals surface area (Å²) in [4.78, 5) is 71.0. The van der Waals surface area contributed by atoms with Gasteiger partial charge in [-0.1, -0.05) is 31.9 Å². The maximum absolute atomic E-state index is 14.5. The van der Waals surface area contributed by atoms with Gasteiger partial charge in [0, 0.05) is 18.4 Å². The molecule has 0 bridgehead atoms. The van der Waals surface area contributed by atoms with E-state index < -0.39 is 74.4 Å². The molecule has 1 saturated heterocycles. The molecule has 2 saturated carbocycles. The quantitative estimate of drug-likeness (QED) is 0.287. The molecule has 4 heterocycles. The van der Waals surface area contributed by atoms with Gasteiger partial charge >= 0.3 is 0 Å². The summed E-state index contributed by atoms with van der Waals surface area (Å²) in [6, 6.07) is 1.94. The van der Waals surface area contributed by atoms with Crippen molar-refractivity contribution in [3.8, 4) is 5.88 Å². The van der Waals surface area contributed by atoms with Crippen molar-refractivity contribution in [3.05, 3.63) is 57.9 Å². The van der Waals surface area contributed by atoms with Gasteiger partial charge in [-0.15, -0.1) is 11.3 Å². The van der Waals surface area contributed by atoms with Gasteiger partial charge < -0.3 is 20.3 Å². The van der Waals surface area contributed by atoms with Gasteiger partial charge in [0.05, 0.1) is 34.0 Å². The first-order chi connectivity index (χ1) is 25.4. The summed E-state index contributed by atoms with van der Waals surface area (Å²) in [5.41, 5.74) is 1.84. The van der Waals surface area contributed by atoms with Crippen molar-refractivity contribution >= 4 is 56.0 Å². The second-order valence-corrected chi connectivity index (χ2v) is 17.1. The van der Waals surface area contributed by atoms with Crippen LogP contribution in [0.4, 0.5) is 4.39 Å². The molecular formula is C36H42FN7O7S2. The molecule has 0 spiro atoms. The number of amides is 4. The van der Waals surface area contributed by atoms with E-state index in [9.17, 15) is 32.0 Å². The van der Waals surface area contributed by atoms with E-state index in [1.54, 1.807) is 12.4 Å². The number of aryl methyl sites for hydroxylation is 2. The lowest BCUT2D eigenvalue weighted by Gasteiger charge is -2.30. The number of fused-ring (bicyclic) bond motifs is 3. The van der Waals surface area contributed by atoms with Gasteiger partial charge in [-0.2, -0.15) is 0 Å². The van der Waals surface area contributed by atoms with E-state index in [0.29, 0.717) is 60.3 Å². The first-order valence-electron chi connectivity index (χ1n) is 18.1. The number of thiazole rings is 1. The van der Waals surface area contributed by atoms with Crippen LogP contribution in [-0.2, 0) is 30.8 Å². The van der Waals surface area contributed by atoms with Crippen molar-refractivity contribution in [3.63, 3.8) is 0 Å². The summed E-state index contributed by atoms with van der Waals surface area (Å²) in [6.45, 7) is 3.52. The highest BCUT2D eigenvalue weighted by Gasteiger charge is 2.62. The van der Waals surface area contributed by atoms with Gasteiger partial charge in [0.1, 0.15) is 40.1 Å². The number of hydrogen-bond acceptors (Lipinski definition) is 11. The number of sulfonamides is 1. The first-order valence-corrected chi connectivity index (χ1v) is 20.5. The van der Waals surface area contributed by atoms with Gasteiger partial charge in [-0.3, -0.25) is 23.9 Å². The number of allylic oxidation sites excluding steroid dienone is 1. The largest absolute Gasteiger partial charge is 0.471 e. The molecule has 5 atom stereocenters. The SMILES string of the molecule is CCc1nc2ccc(F)cc2nc1O[C@@H]1C[C@H]2C(=O)N[C@]3(C(=O)NS(=O)(=O)C4CC4)C[C@H]3/C=C\CCCCC[C@H](NC(=O)c3scnc3C)C(=O)N2C1. The van der Waals surface area contributed by atoms with Gasteiger partial charge in [0.15, 0.2) is 0 Å². The molecule has 53 heavy (non-hydrogen) atoms. The smallest absolute Gasteiger partial charge is 0.263 e. The van der Waals surface area contributed by atoms with Crippen LogP contribution in [-0.4, -0.2) is 87.4 Å². The number of halogens is 1. The molecule has 17 heteroatoms. The lowest BCUT2D eigenvalue weighted by Crippen LogP contribution is -2.58. The van der Waals surface area contributed by atoms with Crippen molar-refractivity contribution in [2.75, 3.05) is 6.54 Å². The Kier molecular flexibility index (Phi) is 10.2. The van der Waals surface area contributed by atoms with E-state index >= 15 is 0 Å². The third-order valence-electron chi connectivity index (χ3n) is 10.4. The van der Waals surface area contributed by atoms with Crippen LogP contribution in [0.5, 0.6) is 5.88 Å². The summed E-state index contributed by atoms with van der Waals surface area (Å²) < 4.78 is 48.3. The van der Waals surface area contributed by atoms with Crippen LogP contribution < -0.4 is 20.1 Å². The van der Waals surface area contributed by atoms with Crippen molar-refractivity contribution in [2.45, 2.75) is 107 Å². The second kappa shape index (κ2) is 14.7. The van der Waals surface area contributed by atoms with Gasteiger partial charge in [0.25, 0.3) is 11.8 Å². The Labute approximate surface area is 310 Å². The lowest BCUT2D eigenvalue weighted by atomic mass is 10.0. The molecular weight excluding hydrogens is 726 g/mol. The minimum atomic E-state index is -3.91. The zero-order valence-electron chi connectivity index (χ0n) is 29.5. The Morgan fingerprint density at radius 3 is 2.68 bits per heavy atom. The average Bonchev–Trinajstić information content (AvgIpc) is 4.01. The lowest BCUT2D eigenvalue weighted by molar-refractivity contribution is -0.141. The number of nitrogens with zero attached hydrogens (tertiary/aromatic N) is 4. The summed E-state index contributed by atoms with van der Waals surface area (Å²) in [7, 11) is -3.91. The molecule has 4 aliphatic rings. The molecule has 2 aliphatic heterocycles. The Morgan fingerprint density at radius 2 is 1.94 bits per heavy atom. The minimum Gasteiger partial charge on any atom is -0.471 e. The Bertz CT molecular complexity index is 2090. The summed E-state index contributed by atoms with van der Waals surface area (Å²) >= 11 is 1.16. The molecule has 2 aliphatic carbocycles. The highest BCUT2D eigenvalue weighted by Crippen LogP contribution is 2.46. The van der Waals surface area contributed by atoms with E-state index in [0.717, 1.165) is 24.2 Å². The monoisotopic (exact) mass is 767 g/mol. The predicted molar refractivity (Wildman–Crippen MR) is 193 cm³/mol. The molecule has 3 fully saturated rings. The summed E-state index contributed by atoms with van der Waals surface area (Å²) in [6.07, 6.45) is 7.73. The van der Waals surface area contributed by atoms with Crippen LogP contribution in [0.3, 0.4) is 0 Å². The van der Waals surface area contributed by atoms with Crippen molar-refractivity contribution in [1.29, 1.82) is 0 Å². The molecule has 4 amide bonds. The zero-order chi connectivity index (χ0) is 37.5. The van der Waals surface area contributed by atoms with E-state index in [-0.39, 0.29) is 30.8 Å². The maximum atomic E-state index is 14.5. The van der Waals surface area contributed by atoms with Crippen LogP contribution in [0.25, 0.3) is 11.0 Å². The van der Waals surface area contributed by atoms with Crippen LogP contribution in [0.15, 0.2) is 35.9 Å². The third-order valence-corrected chi connectivity index (χ3v) is 13.1. The highest BCUT2D eigenvalue weighted by molar-refractivity contribution is 7.91. The number of benzene rings is 1. The fourth-order valence-electron chi connectivity index (χ4n) is 7.12. The summed E-state index contributed by atoms with van der Waals surface area (Å²) in [5.74, 6) is -3.20. The Balaban J connectivity index is 1.21. The van der Waals surface area contributed by atoms with Crippen molar-refractivity contribution in [2.24, 2.45) is 5.92 Å². The molecule has 0 unspecified atom stereocenters. The number of hydrogen-bond donors (Lipinski definition) is 3. The third kappa shape index (κ3) is 7.77. The Hall–Kier alpha value is -4.51. The van der Waals surface area contributed by atoms with Crippen LogP contribution in [0, 0.1) is 18.7 Å². The normalized spacial score (nSPS) is 27.1. The molecule has 3 N–H and O–H groups in total. The van der Waals surface area contributed by atoms with Crippen LogP contribution in [0.1, 0.15) is 85.8 Å². The molecule has 1 aromatic carbocycles. The molecule has 2 aromatic heterocycles. The van der Waals surface area contributed by atoms with E-state index in [1.165, 1.54) is 23.1 Å². The average molecular weight is 768 g/mol. The van der Waals surface area contributed by atoms with E-state index in [1.807, 2.05) is 19.1 Å². The number of rotatable bonds is 8. The second-order valence-electron chi connectivity index (χ2n) is 14.2. The van der Waals surface area contributed by atoms with E-state index in [4.69, 9.17) is 4.74 Å². The number of nitrogens with one attached hydrogen (secondary N) is 3. The fourth-order valence-corrected chi connectivity index (χ4v) is 9.19. The standard InChI is InChI=1S/C36H42FN7O7S2/c1-3-25-33(41-28-15-22(37)11-14-26(28)39-25)51-23-16-29-31(45)42-36(35(48)43-53(49,50)24-12-13-24)17-21(36)9-7-5-4-6-8-10-27(34(47)44(29)18-23)40-32(46)30-20(2)38-19-52-30/h7,9,11,14-15,19,21,23-24,27,29H,3-6,8,10,12-13,16-18H2,1-2H3,(H,40,46)(H,42,45)(H,43,48)/b9-7-/t21-,23-,27+,29+,36-/m1/s1. The van der Waals surface area contributed by atoms with Crippen molar-refractivity contribution in [1.82, 2.24) is 35.2 Å². The maximum Gasteiger partial charge on any atom is 0.263 e. The molecule has 7 rings (SSSR count). The van der Waals surface area contributed by atoms with Gasteiger partial charge in [-0.25, -0.2) is 27.8 Å². The number of aromatic nitrogens is 3. The Morgan fingerprint density at radius 1 is 1.13 bits per heavy atom. The molecule has 14 nitrogen and oxygen atoms in total. The van der Waals surface area contributed by atoms with Crippen LogP contribution in [0.2, 0.25) is 0 Å². The topological polar surface area (TPSA) is 190 Å². The number of carbonyl (C=O) groups excluding carboxylic acids is 4. The summed E-state index contributed by atoms with van der Waals surface area (Å²) in [5, 5.41) is 5.10. The predicted octanol–water partition coefficient (Wildman–Crippen LogP) is 3.25. The highest BCUT2D eigenvalue weighted by atomic mass is 32.2. The first kappa shape index (κ1) is 36.8. The van der Waals surface area contributed by atoms with E-state index in [2.05, 4.69) is 30.3 Å². The molecule has 0 radical (unpaired) electrons. The molecule has 282 valence electrons. The fraction of sp³-hybridized carbons (Fsp3) is 0.528. The van der Waals surface area contributed by atoms with Gasteiger partial charge in [0.2, 0.25) is 27.7 Å². The molecule has 3 aromatic rings. The zero-order valence-corrected chi connectivity index (χ0v) is 31.1. The number of ether oxygens (including phenoxy) is 1.